The Hall–Kier alpha value is -0.580. The molecule has 0 spiro atoms. The molecule has 2 fully saturated rings. The predicted molar refractivity (Wildman–Crippen MR) is 109 cm³/mol. The zero-order chi connectivity index (χ0) is 17.6. The Morgan fingerprint density at radius 1 is 0.808 bits per heavy atom. The van der Waals surface area contributed by atoms with Crippen LogP contribution in [0.2, 0.25) is 0 Å². The molecule has 2 saturated carbocycles. The molecule has 0 aliphatic heterocycles. The van der Waals surface area contributed by atoms with E-state index >= 15 is 0 Å². The molecule has 1 aromatic rings. The minimum Gasteiger partial charge on any atom is -1.00 e. The standard InChI is InChI=1S/C17H32N2.C6H6.HI/c1-2-3-14-17(18-15-10-6-4-7-11-15)19-16-12-8-5-9-13-16;1-2-4-6-5-3-1;/h15-16H,2-14H2,1H3,(H,18,19);1-6H;1H. The first kappa shape index (κ1) is 23.5. The molecule has 26 heavy (non-hydrogen) atoms. The van der Waals surface area contributed by atoms with Crippen molar-refractivity contribution in [2.45, 2.75) is 102 Å². The second kappa shape index (κ2) is 15.5. The lowest BCUT2D eigenvalue weighted by atomic mass is 9.94. The molecule has 0 aromatic heterocycles. The minimum absolute atomic E-state index is 0. The Morgan fingerprint density at radius 2 is 1.31 bits per heavy atom. The van der Waals surface area contributed by atoms with Crippen LogP contribution in [0.15, 0.2) is 36.4 Å². The lowest BCUT2D eigenvalue weighted by Gasteiger charge is -2.22. The van der Waals surface area contributed by atoms with Crippen molar-refractivity contribution in [3.63, 3.8) is 0 Å². The van der Waals surface area contributed by atoms with Crippen molar-refractivity contribution < 1.29 is 29.0 Å². The van der Waals surface area contributed by atoms with Gasteiger partial charge in [0.05, 0.1) is 12.1 Å². The van der Waals surface area contributed by atoms with Gasteiger partial charge in [0.1, 0.15) is 0 Å². The average Bonchev–Trinajstić information content (AvgIpc) is 2.69. The highest BCUT2D eigenvalue weighted by Gasteiger charge is 2.21. The van der Waals surface area contributed by atoms with Crippen molar-refractivity contribution in [1.82, 2.24) is 5.32 Å². The molecule has 2 aliphatic carbocycles. The maximum absolute atomic E-state index is 3.84. The van der Waals surface area contributed by atoms with E-state index in [2.05, 4.69) is 17.2 Å². The summed E-state index contributed by atoms with van der Waals surface area (Å²) in [6.45, 7) is 2.29. The summed E-state index contributed by atoms with van der Waals surface area (Å²) in [6.07, 6.45) is 17.9. The van der Waals surface area contributed by atoms with E-state index in [4.69, 9.17) is 0 Å². The Kier molecular flexibility index (Phi) is 14.0. The van der Waals surface area contributed by atoms with E-state index < -0.39 is 0 Å². The van der Waals surface area contributed by atoms with Gasteiger partial charge in [-0.05, 0) is 57.8 Å². The van der Waals surface area contributed by atoms with Crippen molar-refractivity contribution >= 4 is 5.84 Å². The molecule has 0 heterocycles. The maximum atomic E-state index is 3.84. The van der Waals surface area contributed by atoms with Gasteiger partial charge in [0.25, 0.3) is 0 Å². The van der Waals surface area contributed by atoms with Crippen LogP contribution >= 0.6 is 0 Å². The largest absolute Gasteiger partial charge is 1.00 e. The molecule has 0 radical (unpaired) electrons. The van der Waals surface area contributed by atoms with Crippen molar-refractivity contribution in [1.29, 1.82) is 0 Å². The van der Waals surface area contributed by atoms with Gasteiger partial charge in [0, 0.05) is 6.42 Å². The molecule has 3 rings (SSSR count). The van der Waals surface area contributed by atoms with E-state index in [9.17, 15) is 0 Å². The van der Waals surface area contributed by atoms with Crippen LogP contribution in [0.5, 0.6) is 0 Å². The molecule has 2 aliphatic rings. The molecule has 3 heteroatoms. The summed E-state index contributed by atoms with van der Waals surface area (Å²) in [5, 5.41) is 3.84. The lowest BCUT2D eigenvalue weighted by molar-refractivity contribution is -0.511. The lowest BCUT2D eigenvalue weighted by Crippen LogP contribution is -3.00. The fraction of sp³-hybridized carbons (Fsp3) is 0.696. The predicted octanol–water partition coefficient (Wildman–Crippen LogP) is 1.60. The second-order valence-corrected chi connectivity index (χ2v) is 7.70. The number of benzene rings is 1. The van der Waals surface area contributed by atoms with Crippen LogP contribution in [0.25, 0.3) is 0 Å². The van der Waals surface area contributed by atoms with Crippen LogP contribution in [0.3, 0.4) is 0 Å². The van der Waals surface area contributed by atoms with Gasteiger partial charge in [-0.2, -0.15) is 0 Å². The molecule has 0 amide bonds. The fourth-order valence-electron chi connectivity index (χ4n) is 3.91. The van der Waals surface area contributed by atoms with Gasteiger partial charge in [-0.1, -0.05) is 62.6 Å². The topological polar surface area (TPSA) is 26.0 Å². The van der Waals surface area contributed by atoms with Crippen molar-refractivity contribution in [3.05, 3.63) is 36.4 Å². The van der Waals surface area contributed by atoms with Gasteiger partial charge < -0.3 is 24.0 Å². The zero-order valence-corrected chi connectivity index (χ0v) is 18.8. The number of hydrogen-bond donors (Lipinski definition) is 2. The van der Waals surface area contributed by atoms with Crippen LogP contribution in [-0.2, 0) is 0 Å². The zero-order valence-electron chi connectivity index (χ0n) is 16.7. The van der Waals surface area contributed by atoms with Crippen molar-refractivity contribution in [3.8, 4) is 0 Å². The van der Waals surface area contributed by atoms with E-state index in [1.165, 1.54) is 89.3 Å². The summed E-state index contributed by atoms with van der Waals surface area (Å²) in [7, 11) is 0. The Balaban J connectivity index is 0.000000410. The first-order valence-corrected chi connectivity index (χ1v) is 10.8. The number of unbranched alkanes of at least 4 members (excludes halogenated alkanes) is 1. The third kappa shape index (κ3) is 10.5. The summed E-state index contributed by atoms with van der Waals surface area (Å²) in [5.41, 5.74) is 0. The SMILES string of the molecule is CCCCC(NC1CCCCC1)=[NH+]C1CCCCC1.[I-].c1ccccc1. The van der Waals surface area contributed by atoms with Crippen molar-refractivity contribution in [2.24, 2.45) is 0 Å². The number of nitrogens with one attached hydrogen (secondary N) is 2. The van der Waals surface area contributed by atoms with E-state index in [1.54, 1.807) is 0 Å². The molecule has 0 bridgehead atoms. The van der Waals surface area contributed by atoms with Gasteiger partial charge in [0.2, 0.25) is 5.84 Å². The number of hydrogen-bond acceptors (Lipinski definition) is 0. The average molecular weight is 470 g/mol. The maximum Gasteiger partial charge on any atom is 0.242 e. The van der Waals surface area contributed by atoms with Crippen molar-refractivity contribution in [2.75, 3.05) is 0 Å². The van der Waals surface area contributed by atoms with Gasteiger partial charge >= 0.3 is 0 Å². The van der Waals surface area contributed by atoms with Gasteiger partial charge in [-0.3, -0.25) is 10.3 Å². The summed E-state index contributed by atoms with van der Waals surface area (Å²) >= 11 is 0. The normalized spacial score (nSPS) is 19.0. The third-order valence-corrected chi connectivity index (χ3v) is 5.41. The highest BCUT2D eigenvalue weighted by molar-refractivity contribution is 5.76. The highest BCUT2D eigenvalue weighted by Crippen LogP contribution is 2.17. The highest BCUT2D eigenvalue weighted by atomic mass is 127. The van der Waals surface area contributed by atoms with Gasteiger partial charge in [0.15, 0.2) is 0 Å². The molecule has 148 valence electrons. The molecular weight excluding hydrogens is 431 g/mol. The first-order chi connectivity index (χ1) is 12.4. The number of rotatable bonds is 5. The molecular formula is C23H39IN2. The Morgan fingerprint density at radius 3 is 1.81 bits per heavy atom. The van der Waals surface area contributed by atoms with E-state index in [1.807, 2.05) is 36.4 Å². The summed E-state index contributed by atoms with van der Waals surface area (Å²) in [4.78, 5) is 3.84. The Labute approximate surface area is 178 Å². The monoisotopic (exact) mass is 470 g/mol. The summed E-state index contributed by atoms with van der Waals surface area (Å²) in [5.74, 6) is 1.46. The first-order valence-electron chi connectivity index (χ1n) is 10.8. The van der Waals surface area contributed by atoms with Crippen LogP contribution in [0.4, 0.5) is 0 Å². The van der Waals surface area contributed by atoms with Crippen LogP contribution in [0, 0.1) is 0 Å². The summed E-state index contributed by atoms with van der Waals surface area (Å²) in [6, 6.07) is 13.5. The minimum atomic E-state index is 0. The second-order valence-electron chi connectivity index (χ2n) is 7.70. The molecule has 0 unspecified atom stereocenters. The quantitative estimate of drug-likeness (QED) is 0.382. The van der Waals surface area contributed by atoms with Gasteiger partial charge in [-0.15, -0.1) is 0 Å². The Bertz CT molecular complexity index is 422. The summed E-state index contributed by atoms with van der Waals surface area (Å²) < 4.78 is 0. The van der Waals surface area contributed by atoms with E-state index in [0.29, 0.717) is 0 Å². The molecule has 0 atom stereocenters. The van der Waals surface area contributed by atoms with E-state index in [-0.39, 0.29) is 24.0 Å². The molecule has 2 nitrogen and oxygen atoms in total. The third-order valence-electron chi connectivity index (χ3n) is 5.41. The van der Waals surface area contributed by atoms with Crippen LogP contribution in [0.1, 0.15) is 90.4 Å². The van der Waals surface area contributed by atoms with Crippen LogP contribution in [-0.4, -0.2) is 17.9 Å². The van der Waals surface area contributed by atoms with Gasteiger partial charge in [-0.25, -0.2) is 0 Å². The van der Waals surface area contributed by atoms with E-state index in [0.717, 1.165) is 12.1 Å². The molecule has 1 aromatic carbocycles. The number of halogens is 1. The fourth-order valence-corrected chi connectivity index (χ4v) is 3.91. The molecule has 0 saturated heterocycles. The molecule has 2 N–H and O–H groups in total. The smallest absolute Gasteiger partial charge is 0.242 e. The number of amidine groups is 1. The van der Waals surface area contributed by atoms with Crippen LogP contribution < -0.4 is 34.3 Å².